The maximum atomic E-state index is 12.7. The lowest BCUT2D eigenvalue weighted by molar-refractivity contribution is -0.385. The van der Waals surface area contributed by atoms with Crippen LogP contribution in [0.15, 0.2) is 18.2 Å². The fraction of sp³-hybridized carbons (Fsp3) is 0.500. The molecule has 0 bridgehead atoms. The third-order valence-corrected chi connectivity index (χ3v) is 4.15. The van der Waals surface area contributed by atoms with E-state index >= 15 is 0 Å². The number of nitro benzene ring substituents is 1. The van der Waals surface area contributed by atoms with Crippen molar-refractivity contribution in [1.82, 2.24) is 10.2 Å². The van der Waals surface area contributed by atoms with Gasteiger partial charge < -0.3 is 20.7 Å². The highest BCUT2D eigenvalue weighted by molar-refractivity contribution is 5.95. The fourth-order valence-corrected chi connectivity index (χ4v) is 2.86. The average Bonchev–Trinajstić information content (AvgIpc) is 2.64. The number of amides is 2. The van der Waals surface area contributed by atoms with Crippen molar-refractivity contribution < 1.29 is 19.2 Å². The smallest absolute Gasteiger partial charge is 0.310 e. The summed E-state index contributed by atoms with van der Waals surface area (Å²) in [4.78, 5) is 36.7. The van der Waals surface area contributed by atoms with Crippen LogP contribution in [0.25, 0.3) is 0 Å². The normalized spacial score (nSPS) is 17.0. The third kappa shape index (κ3) is 4.44. The van der Waals surface area contributed by atoms with E-state index in [0.717, 1.165) is 6.42 Å². The van der Waals surface area contributed by atoms with Gasteiger partial charge in [-0.3, -0.25) is 19.7 Å². The topological polar surface area (TPSA) is 128 Å². The van der Waals surface area contributed by atoms with Crippen LogP contribution in [0.4, 0.5) is 5.69 Å². The molecule has 1 aromatic rings. The molecule has 1 atom stereocenters. The first-order valence-corrected chi connectivity index (χ1v) is 8.07. The van der Waals surface area contributed by atoms with Gasteiger partial charge in [-0.2, -0.15) is 0 Å². The van der Waals surface area contributed by atoms with Crippen LogP contribution in [-0.2, 0) is 4.79 Å². The van der Waals surface area contributed by atoms with Crippen molar-refractivity contribution in [3.8, 4) is 5.75 Å². The molecule has 1 aliphatic heterocycles. The van der Waals surface area contributed by atoms with Crippen LogP contribution >= 0.6 is 0 Å². The highest BCUT2D eigenvalue weighted by Crippen LogP contribution is 2.28. The van der Waals surface area contributed by atoms with E-state index in [1.807, 2.05) is 0 Å². The molecule has 9 nitrogen and oxygen atoms in total. The van der Waals surface area contributed by atoms with E-state index in [2.05, 4.69) is 5.32 Å². The Bertz CT molecular complexity index is 664. The molecule has 2 rings (SSSR count). The number of nitrogens with two attached hydrogens (primary N) is 1. The predicted octanol–water partition coefficient (Wildman–Crippen LogP) is 0.531. The van der Waals surface area contributed by atoms with Gasteiger partial charge in [0.05, 0.1) is 18.0 Å². The predicted molar refractivity (Wildman–Crippen MR) is 90.3 cm³/mol. The van der Waals surface area contributed by atoms with Crippen LogP contribution < -0.4 is 15.8 Å². The molecule has 1 fully saturated rings. The van der Waals surface area contributed by atoms with E-state index in [1.54, 1.807) is 4.90 Å². The number of hydrogen-bond acceptors (Lipinski definition) is 6. The second kappa shape index (κ2) is 8.43. The van der Waals surface area contributed by atoms with Crippen molar-refractivity contribution in [3.63, 3.8) is 0 Å². The number of piperidine rings is 1. The van der Waals surface area contributed by atoms with Gasteiger partial charge in [0.1, 0.15) is 0 Å². The van der Waals surface area contributed by atoms with Crippen LogP contribution in [0.1, 0.15) is 23.2 Å². The molecule has 1 aliphatic rings. The maximum Gasteiger partial charge on any atom is 0.310 e. The Morgan fingerprint density at radius 1 is 1.48 bits per heavy atom. The van der Waals surface area contributed by atoms with Crippen LogP contribution in [0.2, 0.25) is 0 Å². The Morgan fingerprint density at radius 3 is 2.88 bits per heavy atom. The van der Waals surface area contributed by atoms with Gasteiger partial charge in [-0.25, -0.2) is 0 Å². The number of likely N-dealkylation sites (tertiary alicyclic amines) is 1. The lowest BCUT2D eigenvalue weighted by atomic mass is 9.96. The third-order valence-electron chi connectivity index (χ3n) is 4.15. The summed E-state index contributed by atoms with van der Waals surface area (Å²) in [6.07, 6.45) is 1.43. The van der Waals surface area contributed by atoms with Crippen molar-refractivity contribution in [1.29, 1.82) is 0 Å². The number of rotatable bonds is 6. The van der Waals surface area contributed by atoms with Gasteiger partial charge in [-0.1, -0.05) is 0 Å². The zero-order chi connectivity index (χ0) is 18.4. The molecule has 1 unspecified atom stereocenters. The highest BCUT2D eigenvalue weighted by atomic mass is 16.6. The van der Waals surface area contributed by atoms with Gasteiger partial charge in [0, 0.05) is 43.9 Å². The zero-order valence-corrected chi connectivity index (χ0v) is 14.1. The van der Waals surface area contributed by atoms with Crippen molar-refractivity contribution in [2.45, 2.75) is 12.8 Å². The Morgan fingerprint density at radius 2 is 2.24 bits per heavy atom. The summed E-state index contributed by atoms with van der Waals surface area (Å²) >= 11 is 0. The molecule has 0 radical (unpaired) electrons. The van der Waals surface area contributed by atoms with Crippen LogP contribution in [0.5, 0.6) is 5.75 Å². The van der Waals surface area contributed by atoms with Gasteiger partial charge in [0.15, 0.2) is 5.75 Å². The molecule has 136 valence electrons. The minimum atomic E-state index is -0.564. The molecule has 2 amide bonds. The molecule has 1 saturated heterocycles. The first kappa shape index (κ1) is 18.7. The highest BCUT2D eigenvalue weighted by Gasteiger charge is 2.29. The number of benzene rings is 1. The summed E-state index contributed by atoms with van der Waals surface area (Å²) in [6.45, 7) is 1.62. The SMILES string of the molecule is COc1cc(C(=O)N2CCCC(C(=O)NCCN)C2)ccc1[N+](=O)[O-]. The second-order valence-electron chi connectivity index (χ2n) is 5.81. The molecule has 1 heterocycles. The summed E-state index contributed by atoms with van der Waals surface area (Å²) in [7, 11) is 1.31. The van der Waals surface area contributed by atoms with E-state index in [4.69, 9.17) is 10.5 Å². The molecule has 1 aromatic carbocycles. The number of ether oxygens (including phenoxy) is 1. The molecule has 0 spiro atoms. The average molecular weight is 350 g/mol. The van der Waals surface area contributed by atoms with Crippen LogP contribution in [0, 0.1) is 16.0 Å². The molecule has 0 aromatic heterocycles. The Hall–Kier alpha value is -2.68. The van der Waals surface area contributed by atoms with Gasteiger partial charge in [-0.05, 0) is 18.9 Å². The summed E-state index contributed by atoms with van der Waals surface area (Å²) in [5, 5.41) is 13.7. The summed E-state index contributed by atoms with van der Waals surface area (Å²) in [5.74, 6) is -0.622. The molecular weight excluding hydrogens is 328 g/mol. The second-order valence-corrected chi connectivity index (χ2v) is 5.81. The van der Waals surface area contributed by atoms with Crippen molar-refractivity contribution >= 4 is 17.5 Å². The Kier molecular flexibility index (Phi) is 6.29. The Labute approximate surface area is 145 Å². The van der Waals surface area contributed by atoms with E-state index in [-0.39, 0.29) is 29.2 Å². The number of carbonyl (C=O) groups is 2. The lowest BCUT2D eigenvalue weighted by Crippen LogP contribution is -2.46. The number of hydrogen-bond donors (Lipinski definition) is 2. The standard InChI is InChI=1S/C16H22N4O5/c1-25-14-9-11(4-5-13(14)20(23)24)16(22)19-8-2-3-12(10-19)15(21)18-7-6-17/h4-5,9,12H,2-3,6-8,10,17H2,1H3,(H,18,21). The van der Waals surface area contributed by atoms with Gasteiger partial charge >= 0.3 is 5.69 Å². The maximum absolute atomic E-state index is 12.7. The summed E-state index contributed by atoms with van der Waals surface area (Å²) < 4.78 is 5.00. The van der Waals surface area contributed by atoms with Crippen molar-refractivity contribution in [3.05, 3.63) is 33.9 Å². The largest absolute Gasteiger partial charge is 0.490 e. The molecule has 25 heavy (non-hydrogen) atoms. The van der Waals surface area contributed by atoms with Crippen molar-refractivity contribution in [2.24, 2.45) is 11.7 Å². The van der Waals surface area contributed by atoms with Crippen molar-refractivity contribution in [2.75, 3.05) is 33.3 Å². The monoisotopic (exact) mass is 350 g/mol. The molecule has 0 aliphatic carbocycles. The zero-order valence-electron chi connectivity index (χ0n) is 14.1. The number of nitrogens with one attached hydrogen (secondary N) is 1. The first-order chi connectivity index (χ1) is 12.0. The van der Waals surface area contributed by atoms with Gasteiger partial charge in [-0.15, -0.1) is 0 Å². The van der Waals surface area contributed by atoms with Crippen LogP contribution in [0.3, 0.4) is 0 Å². The first-order valence-electron chi connectivity index (χ1n) is 8.07. The minimum Gasteiger partial charge on any atom is -0.490 e. The lowest BCUT2D eigenvalue weighted by Gasteiger charge is -2.32. The fourth-order valence-electron chi connectivity index (χ4n) is 2.86. The molecule has 3 N–H and O–H groups in total. The van der Waals surface area contributed by atoms with Gasteiger partial charge in [0.2, 0.25) is 5.91 Å². The van der Waals surface area contributed by atoms with Gasteiger partial charge in [0.25, 0.3) is 5.91 Å². The minimum absolute atomic E-state index is 0.0325. The van der Waals surface area contributed by atoms with E-state index in [9.17, 15) is 19.7 Å². The molecule has 0 saturated carbocycles. The Balaban J connectivity index is 2.11. The summed E-state index contributed by atoms with van der Waals surface area (Å²) in [6, 6.07) is 4.01. The molecule has 9 heteroatoms. The van der Waals surface area contributed by atoms with E-state index in [0.29, 0.717) is 38.2 Å². The summed E-state index contributed by atoms with van der Waals surface area (Å²) in [5.41, 5.74) is 5.48. The number of methoxy groups -OCH3 is 1. The quantitative estimate of drug-likeness (QED) is 0.569. The number of nitrogens with zero attached hydrogens (tertiary/aromatic N) is 2. The van der Waals surface area contributed by atoms with E-state index in [1.165, 1.54) is 25.3 Å². The number of carbonyl (C=O) groups excluding carboxylic acids is 2. The number of nitro groups is 1. The molecular formula is C16H22N4O5. The van der Waals surface area contributed by atoms with Crippen LogP contribution in [-0.4, -0.2) is 54.9 Å². The van der Waals surface area contributed by atoms with E-state index < -0.39 is 4.92 Å².